The van der Waals surface area contributed by atoms with Crippen LogP contribution in [0.5, 0.6) is 5.88 Å². The number of oxazole rings is 1. The van der Waals surface area contributed by atoms with E-state index in [1.165, 1.54) is 32.4 Å². The van der Waals surface area contributed by atoms with Gasteiger partial charge in [-0.15, -0.1) is 0 Å². The Balaban J connectivity index is 1.45. The Kier molecular flexibility index (Phi) is 9.07. The maximum Gasteiger partial charge on any atom is 0.410 e. The zero-order chi connectivity index (χ0) is 33.4. The van der Waals surface area contributed by atoms with Crippen LogP contribution in [0.25, 0.3) is 11.1 Å². The molecule has 2 fully saturated rings. The van der Waals surface area contributed by atoms with Gasteiger partial charge in [0.1, 0.15) is 17.6 Å². The molecule has 17 heteroatoms. The number of methoxy groups -OCH3 is 2. The minimum atomic E-state index is -4.67. The first-order chi connectivity index (χ1) is 21.6. The van der Waals surface area contributed by atoms with E-state index in [9.17, 15) is 31.5 Å². The van der Waals surface area contributed by atoms with Crippen molar-refractivity contribution in [3.63, 3.8) is 0 Å². The summed E-state index contributed by atoms with van der Waals surface area (Å²) >= 11 is 0. The van der Waals surface area contributed by atoms with Crippen LogP contribution in [0.2, 0.25) is 0 Å². The first kappa shape index (κ1) is 33.2. The molecule has 3 aromatic rings. The third kappa shape index (κ3) is 6.83. The second-order valence-corrected chi connectivity index (χ2v) is 11.3. The molecule has 0 bridgehead atoms. The molecule has 3 amide bonds. The molecule has 46 heavy (non-hydrogen) atoms. The SMILES string of the molecule is COC[C@H](c1ccc2oc([C@@H](NC(=O)C(F)(F)c3ccc(OC)nc3)C3CCC(F)(F)CC3)nc2c1)N1C[C@@H](C(F)(F)F)NC1=O. The molecule has 1 aromatic carbocycles. The number of aromatic nitrogens is 2. The maximum absolute atomic E-state index is 15.3. The Bertz CT molecular complexity index is 1560. The van der Waals surface area contributed by atoms with Crippen LogP contribution in [-0.2, 0) is 15.5 Å². The summed E-state index contributed by atoms with van der Waals surface area (Å²) in [6.45, 7) is -0.838. The Morgan fingerprint density at radius 2 is 1.87 bits per heavy atom. The number of benzene rings is 1. The van der Waals surface area contributed by atoms with Crippen molar-refractivity contribution in [2.75, 3.05) is 27.4 Å². The van der Waals surface area contributed by atoms with E-state index in [0.717, 1.165) is 23.2 Å². The Morgan fingerprint density at radius 1 is 1.15 bits per heavy atom. The molecule has 1 aliphatic carbocycles. The zero-order valence-corrected chi connectivity index (χ0v) is 24.5. The van der Waals surface area contributed by atoms with Crippen LogP contribution in [0.15, 0.2) is 40.9 Å². The molecule has 5 rings (SSSR count). The third-order valence-electron chi connectivity index (χ3n) is 8.23. The number of fused-ring (bicyclic) bond motifs is 1. The van der Waals surface area contributed by atoms with Crippen molar-refractivity contribution in [3.05, 3.63) is 53.5 Å². The highest BCUT2D eigenvalue weighted by Gasteiger charge is 2.49. The van der Waals surface area contributed by atoms with E-state index in [1.807, 2.05) is 5.32 Å². The van der Waals surface area contributed by atoms with Crippen LogP contribution in [0, 0.1) is 5.92 Å². The topological polar surface area (TPSA) is 119 Å². The van der Waals surface area contributed by atoms with Gasteiger partial charge in [0.15, 0.2) is 5.58 Å². The van der Waals surface area contributed by atoms with Crippen LogP contribution in [0.1, 0.15) is 54.8 Å². The van der Waals surface area contributed by atoms with Crippen molar-refractivity contribution in [2.24, 2.45) is 5.92 Å². The summed E-state index contributed by atoms with van der Waals surface area (Å²) in [5.41, 5.74) is -0.138. The van der Waals surface area contributed by atoms with Crippen molar-refractivity contribution >= 4 is 23.0 Å². The number of ether oxygens (including phenoxy) is 2. The largest absolute Gasteiger partial charge is 0.481 e. The molecule has 1 saturated heterocycles. The lowest BCUT2D eigenvalue weighted by molar-refractivity contribution is -0.150. The van der Waals surface area contributed by atoms with Crippen LogP contribution >= 0.6 is 0 Å². The van der Waals surface area contributed by atoms with E-state index >= 15 is 8.78 Å². The van der Waals surface area contributed by atoms with Crippen molar-refractivity contribution in [2.45, 2.75) is 61.8 Å². The minimum absolute atomic E-state index is 0.0464. The van der Waals surface area contributed by atoms with Gasteiger partial charge in [-0.3, -0.25) is 4.79 Å². The van der Waals surface area contributed by atoms with E-state index in [1.54, 1.807) is 0 Å². The normalized spacial score (nSPS) is 20.4. The van der Waals surface area contributed by atoms with Crippen LogP contribution in [0.3, 0.4) is 0 Å². The van der Waals surface area contributed by atoms with Gasteiger partial charge < -0.3 is 29.4 Å². The molecule has 0 spiro atoms. The number of hydrogen-bond acceptors (Lipinski definition) is 7. The number of carbonyl (C=O) groups is 2. The number of pyridine rings is 1. The number of nitrogens with one attached hydrogen (secondary N) is 2. The number of urea groups is 1. The van der Waals surface area contributed by atoms with E-state index in [4.69, 9.17) is 13.9 Å². The fraction of sp³-hybridized carbons (Fsp3) is 0.517. The number of hydrogen-bond donors (Lipinski definition) is 2. The summed E-state index contributed by atoms with van der Waals surface area (Å²) in [6, 6.07) is 1.14. The van der Waals surface area contributed by atoms with Crippen LogP contribution < -0.4 is 15.4 Å². The average molecular weight is 662 g/mol. The lowest BCUT2D eigenvalue weighted by Gasteiger charge is -2.33. The fourth-order valence-electron chi connectivity index (χ4n) is 5.66. The number of amides is 3. The summed E-state index contributed by atoms with van der Waals surface area (Å²) in [7, 11) is 2.60. The summed E-state index contributed by atoms with van der Waals surface area (Å²) in [6.07, 6.45) is -5.22. The molecule has 2 N–H and O–H groups in total. The molecule has 1 aliphatic heterocycles. The van der Waals surface area contributed by atoms with Gasteiger partial charge in [0.2, 0.25) is 17.7 Å². The van der Waals surface area contributed by atoms with Gasteiger partial charge in [0.05, 0.1) is 26.3 Å². The minimum Gasteiger partial charge on any atom is -0.481 e. The molecule has 2 aliphatic rings. The van der Waals surface area contributed by atoms with Crippen molar-refractivity contribution in [3.8, 4) is 5.88 Å². The van der Waals surface area contributed by atoms with Gasteiger partial charge in [0, 0.05) is 37.8 Å². The number of rotatable bonds is 10. The molecular formula is C29H30F7N5O5. The monoisotopic (exact) mass is 661 g/mol. The predicted molar refractivity (Wildman–Crippen MR) is 146 cm³/mol. The molecule has 250 valence electrons. The Morgan fingerprint density at radius 3 is 2.46 bits per heavy atom. The molecule has 0 unspecified atom stereocenters. The highest BCUT2D eigenvalue weighted by atomic mass is 19.4. The van der Waals surface area contributed by atoms with Gasteiger partial charge in [-0.05, 0) is 42.5 Å². The lowest BCUT2D eigenvalue weighted by Crippen LogP contribution is -2.43. The van der Waals surface area contributed by atoms with E-state index in [2.05, 4.69) is 15.3 Å². The summed E-state index contributed by atoms with van der Waals surface area (Å²) in [5.74, 6) is -9.68. The van der Waals surface area contributed by atoms with Gasteiger partial charge in [-0.2, -0.15) is 22.0 Å². The molecule has 3 heterocycles. The van der Waals surface area contributed by atoms with Crippen molar-refractivity contribution in [1.82, 2.24) is 25.5 Å². The van der Waals surface area contributed by atoms with Crippen LogP contribution in [-0.4, -0.2) is 72.3 Å². The molecule has 2 aromatic heterocycles. The maximum atomic E-state index is 15.3. The summed E-state index contributed by atoms with van der Waals surface area (Å²) in [5, 5.41) is 4.16. The van der Waals surface area contributed by atoms with Gasteiger partial charge in [0.25, 0.3) is 5.91 Å². The molecule has 1 saturated carbocycles. The predicted octanol–water partition coefficient (Wildman–Crippen LogP) is 5.65. The second kappa shape index (κ2) is 12.6. The molecular weight excluding hydrogens is 631 g/mol. The first-order valence-electron chi connectivity index (χ1n) is 14.2. The smallest absolute Gasteiger partial charge is 0.410 e. The third-order valence-corrected chi connectivity index (χ3v) is 8.23. The standard InChI is InChI=1S/C29H30F7N5O5/c1-44-14-19(41-13-21(29(34,35)36)39-26(41)43)16-3-5-20-18(11-16)38-24(46-20)23(15-7-9-27(30,31)10-8-15)40-25(42)28(32,33)17-4-6-22(45-2)37-12-17/h3-6,11-12,15,19,21,23H,7-10,13-14H2,1-2H3,(H,39,43)(H,40,42)/t19-,21+,23+/m1/s1. The fourth-order valence-corrected chi connectivity index (χ4v) is 5.66. The number of halogens is 7. The quantitative estimate of drug-likeness (QED) is 0.270. The second-order valence-electron chi connectivity index (χ2n) is 11.3. The lowest BCUT2D eigenvalue weighted by atomic mass is 9.81. The van der Waals surface area contributed by atoms with E-state index in [-0.39, 0.29) is 42.3 Å². The molecule has 10 nitrogen and oxygen atoms in total. The first-order valence-corrected chi connectivity index (χ1v) is 14.2. The summed E-state index contributed by atoms with van der Waals surface area (Å²) in [4.78, 5) is 34.5. The number of carbonyl (C=O) groups excluding carboxylic acids is 2. The highest BCUT2D eigenvalue weighted by molar-refractivity contribution is 5.85. The van der Waals surface area contributed by atoms with Gasteiger partial charge >= 0.3 is 18.1 Å². The number of nitrogens with zero attached hydrogens (tertiary/aromatic N) is 3. The molecule has 0 radical (unpaired) electrons. The van der Waals surface area contributed by atoms with Crippen molar-refractivity contribution < 1.29 is 54.2 Å². The van der Waals surface area contributed by atoms with Gasteiger partial charge in [-0.25, -0.2) is 23.5 Å². The van der Waals surface area contributed by atoms with E-state index < -0.39 is 79.0 Å². The van der Waals surface area contributed by atoms with Crippen molar-refractivity contribution in [1.29, 1.82) is 0 Å². The zero-order valence-electron chi connectivity index (χ0n) is 24.5. The highest BCUT2D eigenvalue weighted by Crippen LogP contribution is 2.43. The summed E-state index contributed by atoms with van der Waals surface area (Å²) < 4.78 is 114. The Labute approximate surface area is 257 Å². The average Bonchev–Trinajstić information content (AvgIpc) is 3.62. The molecule has 3 atom stereocenters. The van der Waals surface area contributed by atoms with Gasteiger partial charge in [-0.1, -0.05) is 6.07 Å². The Hall–Kier alpha value is -4.15. The van der Waals surface area contributed by atoms with Crippen LogP contribution in [0.4, 0.5) is 35.5 Å². The number of alkyl halides is 7. The van der Waals surface area contributed by atoms with E-state index in [0.29, 0.717) is 5.56 Å².